The summed E-state index contributed by atoms with van der Waals surface area (Å²) in [6.07, 6.45) is 6.11. The number of ether oxygens (including phenoxy) is 1. The summed E-state index contributed by atoms with van der Waals surface area (Å²) in [5, 5.41) is 17.1. The standard InChI is InChI=1S/C32H33ClFN7O4/c1-36-37-19-41(35)29-14-10-22(33)16-21(29)9-15-31(43)39-27-6-4-3-5-7-30(42)40-28-18-23(38-32(44)45-2)11-12-24(28)20-8-13-26(34)25(27)17-20/h8-19,27H,1,3-7,35H2,2H3,(H,38,44)(H,39,43)(H,40,42)/b15-9+,37-19-. The zero-order valence-corrected chi connectivity index (χ0v) is 25.3. The van der Waals surface area contributed by atoms with Gasteiger partial charge in [0.15, 0.2) is 0 Å². The van der Waals surface area contributed by atoms with Crippen LogP contribution in [0.1, 0.15) is 49.3 Å². The van der Waals surface area contributed by atoms with Crippen LogP contribution in [0.15, 0.2) is 70.9 Å². The minimum atomic E-state index is -0.661. The van der Waals surface area contributed by atoms with Crippen LogP contribution in [0.3, 0.4) is 0 Å². The van der Waals surface area contributed by atoms with Crippen LogP contribution in [0.5, 0.6) is 0 Å². The van der Waals surface area contributed by atoms with E-state index in [4.69, 9.17) is 17.4 Å². The summed E-state index contributed by atoms with van der Waals surface area (Å²) in [5.41, 5.74) is 3.41. The molecule has 3 amide bonds. The number of carbonyl (C=O) groups is 3. The van der Waals surface area contributed by atoms with Gasteiger partial charge in [0.05, 0.1) is 24.5 Å². The van der Waals surface area contributed by atoms with Crippen molar-refractivity contribution >= 4 is 65.7 Å². The lowest BCUT2D eigenvalue weighted by Gasteiger charge is -2.21. The van der Waals surface area contributed by atoms with E-state index in [2.05, 4.69) is 37.6 Å². The Morgan fingerprint density at radius 3 is 2.76 bits per heavy atom. The second-order valence-electron chi connectivity index (χ2n) is 10.1. The number of nitrogens with two attached hydrogens (primary N) is 1. The maximum absolute atomic E-state index is 15.4. The summed E-state index contributed by atoms with van der Waals surface area (Å²) in [6.45, 7) is 3.28. The number of hydrogen-bond donors (Lipinski definition) is 4. The molecular weight excluding hydrogens is 601 g/mol. The molecule has 11 nitrogen and oxygen atoms in total. The van der Waals surface area contributed by atoms with E-state index in [0.29, 0.717) is 70.0 Å². The first-order valence-corrected chi connectivity index (χ1v) is 14.5. The molecule has 1 unspecified atom stereocenters. The topological polar surface area (TPSA) is 151 Å². The SMILES string of the molecule is C=N/N=C\N(N)c1ccc(Cl)cc1/C=C/C(=O)NC1CCCCCC(=O)Nc2cc(NC(=O)OC)ccc2-c2ccc(F)c1c2. The third-order valence-corrected chi connectivity index (χ3v) is 7.30. The van der Waals surface area contributed by atoms with E-state index < -0.39 is 23.9 Å². The smallest absolute Gasteiger partial charge is 0.411 e. The molecule has 4 rings (SSSR count). The van der Waals surface area contributed by atoms with E-state index in [-0.39, 0.29) is 12.3 Å². The first-order chi connectivity index (χ1) is 21.7. The lowest BCUT2D eigenvalue weighted by molar-refractivity contribution is -0.117. The van der Waals surface area contributed by atoms with Gasteiger partial charge in [0.25, 0.3) is 0 Å². The summed E-state index contributed by atoms with van der Waals surface area (Å²) in [5.74, 6) is 4.91. The summed E-state index contributed by atoms with van der Waals surface area (Å²) in [7, 11) is 1.25. The number of benzene rings is 3. The molecule has 0 radical (unpaired) electrons. The quantitative estimate of drug-likeness (QED) is 0.0775. The van der Waals surface area contributed by atoms with Crippen LogP contribution in [0.2, 0.25) is 5.02 Å². The summed E-state index contributed by atoms with van der Waals surface area (Å²) in [6, 6.07) is 13.9. The molecule has 234 valence electrons. The Hall–Kier alpha value is -5.07. The van der Waals surface area contributed by atoms with E-state index in [9.17, 15) is 14.4 Å². The Labute approximate surface area is 265 Å². The van der Waals surface area contributed by atoms with Gasteiger partial charge in [-0.2, -0.15) is 5.10 Å². The van der Waals surface area contributed by atoms with Gasteiger partial charge in [0, 0.05) is 46.6 Å². The molecule has 0 saturated heterocycles. The van der Waals surface area contributed by atoms with Gasteiger partial charge < -0.3 is 15.4 Å². The predicted octanol–water partition coefficient (Wildman–Crippen LogP) is 6.42. The van der Waals surface area contributed by atoms with E-state index in [1.165, 1.54) is 30.6 Å². The van der Waals surface area contributed by atoms with Gasteiger partial charge in [-0.05, 0) is 66.9 Å². The number of hydrazine groups is 1. The minimum Gasteiger partial charge on any atom is -0.453 e. The number of nitrogens with one attached hydrogen (secondary N) is 3. The van der Waals surface area contributed by atoms with Gasteiger partial charge in [0.1, 0.15) is 12.2 Å². The fourth-order valence-corrected chi connectivity index (χ4v) is 5.07. The van der Waals surface area contributed by atoms with Crippen LogP contribution >= 0.6 is 11.6 Å². The first kappa shape index (κ1) is 32.8. The van der Waals surface area contributed by atoms with Crippen molar-refractivity contribution in [1.82, 2.24) is 5.32 Å². The summed E-state index contributed by atoms with van der Waals surface area (Å²) >= 11 is 6.19. The second kappa shape index (κ2) is 15.6. The normalized spacial score (nSPS) is 15.2. The Kier molecular flexibility index (Phi) is 11.4. The number of amides is 3. The number of fused-ring (bicyclic) bond motifs is 4. The highest BCUT2D eigenvalue weighted by molar-refractivity contribution is 6.30. The van der Waals surface area contributed by atoms with Crippen molar-refractivity contribution in [3.8, 4) is 11.1 Å². The highest BCUT2D eigenvalue weighted by atomic mass is 35.5. The zero-order chi connectivity index (χ0) is 32.3. The fraction of sp³-hybridized carbons (Fsp3) is 0.219. The number of anilines is 3. The fourth-order valence-electron chi connectivity index (χ4n) is 4.89. The van der Waals surface area contributed by atoms with Crippen molar-refractivity contribution in [3.05, 3.63) is 82.6 Å². The molecule has 5 N–H and O–H groups in total. The molecule has 1 aliphatic heterocycles. The molecule has 1 heterocycles. The largest absolute Gasteiger partial charge is 0.453 e. The average molecular weight is 634 g/mol. The summed E-state index contributed by atoms with van der Waals surface area (Å²) < 4.78 is 20.1. The molecule has 2 bridgehead atoms. The van der Waals surface area contributed by atoms with Crippen LogP contribution in [-0.2, 0) is 14.3 Å². The number of methoxy groups -OCH3 is 1. The molecule has 0 spiro atoms. The molecule has 13 heteroatoms. The molecular formula is C32H33ClFN7O4. The monoisotopic (exact) mass is 633 g/mol. The predicted molar refractivity (Wildman–Crippen MR) is 176 cm³/mol. The third kappa shape index (κ3) is 8.97. The number of rotatable bonds is 7. The maximum atomic E-state index is 15.4. The van der Waals surface area contributed by atoms with E-state index in [1.807, 2.05) is 0 Å². The molecule has 0 saturated carbocycles. The van der Waals surface area contributed by atoms with Crippen molar-refractivity contribution in [3.63, 3.8) is 0 Å². The van der Waals surface area contributed by atoms with Crippen molar-refractivity contribution < 1.29 is 23.5 Å². The Morgan fingerprint density at radius 1 is 1.16 bits per heavy atom. The number of carbonyl (C=O) groups excluding carboxylic acids is 3. The second-order valence-corrected chi connectivity index (χ2v) is 10.6. The van der Waals surface area contributed by atoms with Gasteiger partial charge in [-0.25, -0.2) is 15.0 Å². The van der Waals surface area contributed by atoms with Gasteiger partial charge >= 0.3 is 6.09 Å². The number of nitrogens with zero attached hydrogens (tertiary/aromatic N) is 3. The van der Waals surface area contributed by atoms with Crippen molar-refractivity contribution in [2.75, 3.05) is 22.8 Å². The van der Waals surface area contributed by atoms with Crippen molar-refractivity contribution in [1.29, 1.82) is 0 Å². The highest BCUT2D eigenvalue weighted by Crippen LogP contribution is 2.35. The average Bonchev–Trinajstić information content (AvgIpc) is 3.02. The lowest BCUT2D eigenvalue weighted by atomic mass is 9.94. The molecule has 45 heavy (non-hydrogen) atoms. The molecule has 3 aromatic rings. The molecule has 0 aromatic heterocycles. The van der Waals surface area contributed by atoms with Crippen LogP contribution < -0.4 is 26.8 Å². The third-order valence-electron chi connectivity index (χ3n) is 7.06. The Morgan fingerprint density at radius 2 is 1.98 bits per heavy atom. The summed E-state index contributed by atoms with van der Waals surface area (Å²) in [4.78, 5) is 37.7. The minimum absolute atomic E-state index is 0.188. The van der Waals surface area contributed by atoms with Crippen molar-refractivity contribution in [2.24, 2.45) is 16.0 Å². The van der Waals surface area contributed by atoms with Crippen molar-refractivity contribution in [2.45, 2.75) is 38.1 Å². The van der Waals surface area contributed by atoms with Crippen LogP contribution in [0.4, 0.5) is 26.2 Å². The molecule has 1 atom stereocenters. The molecule has 1 aliphatic rings. The zero-order valence-electron chi connectivity index (χ0n) is 24.6. The van der Waals surface area contributed by atoms with Gasteiger partial charge in [0.2, 0.25) is 11.8 Å². The van der Waals surface area contributed by atoms with Gasteiger partial charge in [-0.1, -0.05) is 36.6 Å². The van der Waals surface area contributed by atoms with E-state index in [1.54, 1.807) is 54.6 Å². The van der Waals surface area contributed by atoms with Crippen LogP contribution in [0.25, 0.3) is 17.2 Å². The highest BCUT2D eigenvalue weighted by Gasteiger charge is 2.21. The lowest BCUT2D eigenvalue weighted by Crippen LogP contribution is -2.29. The van der Waals surface area contributed by atoms with E-state index >= 15 is 4.39 Å². The van der Waals surface area contributed by atoms with Gasteiger partial charge in [-0.15, -0.1) is 5.10 Å². The Balaban J connectivity index is 1.66. The molecule has 0 aliphatic carbocycles. The van der Waals surface area contributed by atoms with Crippen LogP contribution in [0, 0.1) is 5.82 Å². The molecule has 3 aromatic carbocycles. The Bertz CT molecular complexity index is 1650. The van der Waals surface area contributed by atoms with E-state index in [0.717, 1.165) is 0 Å². The number of halogens is 2. The molecule has 0 fully saturated rings. The first-order valence-electron chi connectivity index (χ1n) is 14.1. The number of hydrogen-bond acceptors (Lipinski definition) is 7. The maximum Gasteiger partial charge on any atom is 0.411 e. The van der Waals surface area contributed by atoms with Crippen LogP contribution in [-0.4, -0.2) is 38.1 Å². The van der Waals surface area contributed by atoms with Gasteiger partial charge in [-0.3, -0.25) is 19.9 Å².